The summed E-state index contributed by atoms with van der Waals surface area (Å²) in [6.45, 7) is 1.35. The summed E-state index contributed by atoms with van der Waals surface area (Å²) < 4.78 is 6.81. The molecule has 1 aliphatic heterocycles. The fourth-order valence-corrected chi connectivity index (χ4v) is 2.48. The van der Waals surface area contributed by atoms with Gasteiger partial charge in [-0.1, -0.05) is 6.08 Å². The van der Waals surface area contributed by atoms with E-state index in [1.165, 1.54) is 10.9 Å². The molecule has 1 aliphatic rings. The van der Waals surface area contributed by atoms with Crippen LogP contribution in [0.3, 0.4) is 0 Å². The topological polar surface area (TPSA) is 133 Å². The molecular formula is C13H16N4O5. The van der Waals surface area contributed by atoms with Gasteiger partial charge in [0.2, 0.25) is 0 Å². The Kier molecular flexibility index (Phi) is 3.79. The predicted molar refractivity (Wildman–Crippen MR) is 75.9 cm³/mol. The van der Waals surface area contributed by atoms with Gasteiger partial charge in [0.15, 0.2) is 17.4 Å². The zero-order valence-corrected chi connectivity index (χ0v) is 11.7. The molecule has 22 heavy (non-hydrogen) atoms. The second-order valence-electron chi connectivity index (χ2n) is 5.00. The highest BCUT2D eigenvalue weighted by Gasteiger charge is 2.44. The van der Waals surface area contributed by atoms with Crippen molar-refractivity contribution in [2.24, 2.45) is 0 Å². The van der Waals surface area contributed by atoms with Gasteiger partial charge in [0, 0.05) is 0 Å². The number of allylic oxidation sites excluding steroid dienone is 1. The molecule has 0 saturated carbocycles. The molecule has 9 nitrogen and oxygen atoms in total. The summed E-state index contributed by atoms with van der Waals surface area (Å²) in [5.74, 6) is 0.341. The molecule has 0 amide bonds. The molecule has 2 aromatic rings. The zero-order chi connectivity index (χ0) is 15.9. The van der Waals surface area contributed by atoms with E-state index in [1.807, 2.05) is 0 Å². The lowest BCUT2D eigenvalue weighted by atomic mass is 10.1. The fourth-order valence-electron chi connectivity index (χ4n) is 2.48. The first-order chi connectivity index (χ1) is 10.6. The van der Waals surface area contributed by atoms with Gasteiger partial charge in [-0.2, -0.15) is 0 Å². The Morgan fingerprint density at radius 2 is 2.23 bits per heavy atom. The van der Waals surface area contributed by atoms with Crippen molar-refractivity contribution >= 4 is 17.2 Å². The van der Waals surface area contributed by atoms with E-state index in [4.69, 9.17) is 9.84 Å². The van der Waals surface area contributed by atoms with E-state index >= 15 is 0 Å². The Morgan fingerprint density at radius 3 is 2.86 bits per heavy atom. The normalized spacial score (nSPS) is 28.9. The van der Waals surface area contributed by atoms with E-state index in [0.29, 0.717) is 5.82 Å². The first kappa shape index (κ1) is 14.9. The van der Waals surface area contributed by atoms with Crippen LogP contribution in [0, 0.1) is 0 Å². The largest absolute Gasteiger partial charge is 0.394 e. The first-order valence-electron chi connectivity index (χ1n) is 6.78. The first-order valence-corrected chi connectivity index (χ1v) is 6.78. The van der Waals surface area contributed by atoms with Crippen molar-refractivity contribution in [1.82, 2.24) is 19.5 Å². The van der Waals surface area contributed by atoms with E-state index in [-0.39, 0.29) is 11.2 Å². The van der Waals surface area contributed by atoms with E-state index in [9.17, 15) is 15.0 Å². The highest BCUT2D eigenvalue weighted by molar-refractivity contribution is 5.70. The van der Waals surface area contributed by atoms with Crippen LogP contribution in [0.15, 0.2) is 17.2 Å². The number of hydrogen-bond donors (Lipinski definition) is 4. The smallest absolute Gasteiger partial charge is 0.279 e. The molecule has 1 fully saturated rings. The van der Waals surface area contributed by atoms with Crippen LogP contribution in [0.5, 0.6) is 0 Å². The van der Waals surface area contributed by atoms with Crippen molar-refractivity contribution in [1.29, 1.82) is 0 Å². The number of nitrogens with zero attached hydrogens (tertiary/aromatic N) is 3. The molecule has 4 unspecified atom stereocenters. The third-order valence-corrected chi connectivity index (χ3v) is 3.57. The number of fused-ring (bicyclic) bond motifs is 1. The van der Waals surface area contributed by atoms with E-state index in [1.54, 1.807) is 19.1 Å². The maximum absolute atomic E-state index is 12.0. The molecule has 0 spiro atoms. The molecule has 3 rings (SSSR count). The molecule has 2 aromatic heterocycles. The number of H-pyrrole nitrogens is 1. The summed E-state index contributed by atoms with van der Waals surface area (Å²) in [7, 11) is 0. The number of imidazole rings is 1. The Morgan fingerprint density at radius 1 is 1.45 bits per heavy atom. The van der Waals surface area contributed by atoms with Crippen LogP contribution < -0.4 is 5.56 Å². The Labute approximate surface area is 124 Å². The molecule has 0 radical (unpaired) electrons. The van der Waals surface area contributed by atoms with Crippen LogP contribution in [0.1, 0.15) is 19.0 Å². The molecule has 118 valence electrons. The van der Waals surface area contributed by atoms with E-state index in [2.05, 4.69) is 15.0 Å². The highest BCUT2D eigenvalue weighted by atomic mass is 16.6. The number of ether oxygens (including phenoxy) is 1. The molecule has 3 heterocycles. The van der Waals surface area contributed by atoms with E-state index < -0.39 is 36.7 Å². The van der Waals surface area contributed by atoms with Crippen LogP contribution in [0.25, 0.3) is 17.2 Å². The summed E-state index contributed by atoms with van der Waals surface area (Å²) >= 11 is 0. The third kappa shape index (κ3) is 2.24. The van der Waals surface area contributed by atoms with Crippen molar-refractivity contribution in [2.75, 3.05) is 6.61 Å². The minimum Gasteiger partial charge on any atom is -0.394 e. The Balaban J connectivity index is 2.10. The van der Waals surface area contributed by atoms with Gasteiger partial charge < -0.3 is 25.0 Å². The molecule has 4 N–H and O–H groups in total. The van der Waals surface area contributed by atoms with Crippen LogP contribution in [0.4, 0.5) is 0 Å². The van der Waals surface area contributed by atoms with Gasteiger partial charge in [-0.15, -0.1) is 0 Å². The molecule has 1 saturated heterocycles. The molecular weight excluding hydrogens is 292 g/mol. The molecule has 9 heteroatoms. The second kappa shape index (κ2) is 5.61. The third-order valence-electron chi connectivity index (χ3n) is 3.57. The zero-order valence-electron chi connectivity index (χ0n) is 11.7. The summed E-state index contributed by atoms with van der Waals surface area (Å²) in [4.78, 5) is 22.8. The van der Waals surface area contributed by atoms with Crippen molar-refractivity contribution in [2.45, 2.75) is 31.5 Å². The Hall–Kier alpha value is -2.07. The van der Waals surface area contributed by atoms with Crippen molar-refractivity contribution in [3.63, 3.8) is 0 Å². The van der Waals surface area contributed by atoms with Gasteiger partial charge in [-0.05, 0) is 13.0 Å². The minimum absolute atomic E-state index is 0.103. The lowest BCUT2D eigenvalue weighted by Crippen LogP contribution is -2.33. The maximum atomic E-state index is 12.0. The molecule has 4 atom stereocenters. The lowest BCUT2D eigenvalue weighted by Gasteiger charge is -2.16. The van der Waals surface area contributed by atoms with Gasteiger partial charge in [0.1, 0.15) is 24.1 Å². The average Bonchev–Trinajstić information content (AvgIpc) is 3.03. The summed E-state index contributed by atoms with van der Waals surface area (Å²) in [6, 6.07) is 0. The number of rotatable bonds is 3. The summed E-state index contributed by atoms with van der Waals surface area (Å²) in [6.07, 6.45) is 0.268. The van der Waals surface area contributed by atoms with Gasteiger partial charge >= 0.3 is 0 Å². The number of aromatic nitrogens is 4. The summed E-state index contributed by atoms with van der Waals surface area (Å²) in [5, 5.41) is 29.0. The predicted octanol–water partition coefficient (Wildman–Crippen LogP) is -1.24. The van der Waals surface area contributed by atoms with Gasteiger partial charge in [-0.25, -0.2) is 9.97 Å². The minimum atomic E-state index is -1.26. The Bertz CT molecular complexity index is 767. The van der Waals surface area contributed by atoms with Crippen molar-refractivity contribution in [3.05, 3.63) is 28.6 Å². The number of aliphatic hydroxyl groups is 3. The number of aliphatic hydroxyl groups excluding tert-OH is 3. The van der Waals surface area contributed by atoms with E-state index in [0.717, 1.165) is 0 Å². The number of nitrogens with one attached hydrogen (secondary N) is 1. The fraction of sp³-hybridized carbons (Fsp3) is 0.462. The van der Waals surface area contributed by atoms with Crippen LogP contribution >= 0.6 is 0 Å². The molecule has 0 aromatic carbocycles. The van der Waals surface area contributed by atoms with Gasteiger partial charge in [0.25, 0.3) is 5.56 Å². The highest BCUT2D eigenvalue weighted by Crippen LogP contribution is 2.30. The molecule has 0 bridgehead atoms. The average molecular weight is 308 g/mol. The number of aromatic amines is 1. The molecule has 0 aliphatic carbocycles. The lowest BCUT2D eigenvalue weighted by molar-refractivity contribution is -0.0511. The quantitative estimate of drug-likeness (QED) is 0.557. The van der Waals surface area contributed by atoms with Gasteiger partial charge in [0.05, 0.1) is 12.9 Å². The second-order valence-corrected chi connectivity index (χ2v) is 5.00. The van der Waals surface area contributed by atoms with Crippen LogP contribution in [-0.4, -0.2) is 59.8 Å². The van der Waals surface area contributed by atoms with Crippen molar-refractivity contribution in [3.8, 4) is 0 Å². The SMILES string of the molecule is C/C=C/c1nc2c(ncn2C2OC(CO)C(O)C2O)c(=O)[nH]1. The monoisotopic (exact) mass is 308 g/mol. The van der Waals surface area contributed by atoms with Crippen molar-refractivity contribution < 1.29 is 20.1 Å². The number of hydrogen-bond acceptors (Lipinski definition) is 7. The standard InChI is InChI=1S/C13H16N4O5/c1-2-3-7-15-11-8(12(21)16-7)14-5-17(11)13-10(20)9(19)6(4-18)22-13/h2-3,5-6,9-10,13,18-20H,4H2,1H3,(H,15,16,21)/b3-2+. The summed E-state index contributed by atoms with van der Waals surface area (Å²) in [5.41, 5.74) is -0.0822. The van der Waals surface area contributed by atoms with Crippen LogP contribution in [0.2, 0.25) is 0 Å². The van der Waals surface area contributed by atoms with Crippen LogP contribution in [-0.2, 0) is 4.74 Å². The van der Waals surface area contributed by atoms with Gasteiger partial charge in [-0.3, -0.25) is 9.36 Å². The maximum Gasteiger partial charge on any atom is 0.279 e.